The smallest absolute Gasteiger partial charge is 0.258 e. The maximum atomic E-state index is 12.7. The number of nitrogens with zero attached hydrogens (tertiary/aromatic N) is 1. The number of benzene rings is 2. The number of likely N-dealkylation sites (tertiary alicyclic amines) is 1. The molecule has 5 nitrogen and oxygen atoms in total. The molecule has 0 unspecified atom stereocenters. The number of thiocarbonyl (C=S) groups is 1. The van der Waals surface area contributed by atoms with E-state index >= 15 is 0 Å². The SMILES string of the molecule is CC1CCN(C(=O)c2cccc(NC(=S)NC(=O)c3ccc(Cl)cc3Cl)c2)CC1. The molecular weight excluding hydrogens is 429 g/mol. The Morgan fingerprint density at radius 2 is 1.83 bits per heavy atom. The standard InChI is InChI=1S/C21H21Cl2N3O2S/c1-13-7-9-26(10-8-13)20(28)14-3-2-4-16(11-14)24-21(29)25-19(27)17-6-5-15(22)12-18(17)23/h2-6,11-13H,7-10H2,1H3,(H2,24,25,27,29). The third-order valence-corrected chi connectivity index (χ3v) is 5.59. The van der Waals surface area contributed by atoms with E-state index < -0.39 is 5.91 Å². The Hall–Kier alpha value is -2.15. The molecule has 152 valence electrons. The van der Waals surface area contributed by atoms with Gasteiger partial charge in [0.15, 0.2) is 5.11 Å². The molecule has 0 aliphatic carbocycles. The van der Waals surface area contributed by atoms with Gasteiger partial charge in [-0.05, 0) is 67.4 Å². The minimum Gasteiger partial charge on any atom is -0.339 e. The van der Waals surface area contributed by atoms with Crippen LogP contribution in [-0.4, -0.2) is 34.9 Å². The van der Waals surface area contributed by atoms with E-state index in [9.17, 15) is 9.59 Å². The molecule has 8 heteroatoms. The molecule has 2 aromatic carbocycles. The van der Waals surface area contributed by atoms with Gasteiger partial charge in [0.2, 0.25) is 0 Å². The summed E-state index contributed by atoms with van der Waals surface area (Å²) >= 11 is 17.1. The first kappa shape index (κ1) is 21.6. The molecule has 0 saturated carbocycles. The van der Waals surface area contributed by atoms with Gasteiger partial charge in [-0.25, -0.2) is 0 Å². The number of nitrogens with one attached hydrogen (secondary N) is 2. The highest BCUT2D eigenvalue weighted by molar-refractivity contribution is 7.80. The van der Waals surface area contributed by atoms with Crippen LogP contribution in [0.25, 0.3) is 0 Å². The molecule has 1 aliphatic rings. The topological polar surface area (TPSA) is 61.4 Å². The molecule has 0 atom stereocenters. The summed E-state index contributed by atoms with van der Waals surface area (Å²) in [5.74, 6) is 0.212. The molecule has 3 rings (SSSR count). The highest BCUT2D eigenvalue weighted by Crippen LogP contribution is 2.21. The summed E-state index contributed by atoms with van der Waals surface area (Å²) in [5.41, 5.74) is 1.47. The number of rotatable bonds is 3. The normalized spacial score (nSPS) is 14.4. The number of hydrogen-bond acceptors (Lipinski definition) is 3. The monoisotopic (exact) mass is 449 g/mol. The fourth-order valence-electron chi connectivity index (χ4n) is 3.13. The average molecular weight is 450 g/mol. The zero-order valence-corrected chi connectivity index (χ0v) is 18.2. The quantitative estimate of drug-likeness (QED) is 0.647. The van der Waals surface area contributed by atoms with E-state index in [0.29, 0.717) is 22.2 Å². The summed E-state index contributed by atoms with van der Waals surface area (Å²) in [7, 11) is 0. The van der Waals surface area contributed by atoms with E-state index in [1.807, 2.05) is 4.90 Å². The molecule has 2 aromatic rings. The molecule has 1 heterocycles. The lowest BCUT2D eigenvalue weighted by molar-refractivity contribution is 0.0697. The Kier molecular flexibility index (Phi) is 7.11. The van der Waals surface area contributed by atoms with E-state index in [-0.39, 0.29) is 21.6 Å². The largest absolute Gasteiger partial charge is 0.339 e. The van der Waals surface area contributed by atoms with Crippen molar-refractivity contribution in [3.05, 3.63) is 63.6 Å². The lowest BCUT2D eigenvalue weighted by Gasteiger charge is -2.30. The molecule has 1 saturated heterocycles. The van der Waals surface area contributed by atoms with Gasteiger partial charge in [-0.2, -0.15) is 0 Å². The third kappa shape index (κ3) is 5.69. The molecule has 1 fully saturated rings. The highest BCUT2D eigenvalue weighted by Gasteiger charge is 2.21. The predicted molar refractivity (Wildman–Crippen MR) is 121 cm³/mol. The van der Waals surface area contributed by atoms with Crippen molar-refractivity contribution in [3.8, 4) is 0 Å². The number of carbonyl (C=O) groups is 2. The van der Waals surface area contributed by atoms with Gasteiger partial charge >= 0.3 is 0 Å². The molecule has 1 aliphatic heterocycles. The van der Waals surface area contributed by atoms with E-state index in [1.165, 1.54) is 12.1 Å². The second-order valence-electron chi connectivity index (χ2n) is 7.09. The molecule has 0 bridgehead atoms. The van der Waals surface area contributed by atoms with Gasteiger partial charge in [-0.1, -0.05) is 36.2 Å². The average Bonchev–Trinajstić information content (AvgIpc) is 2.68. The second kappa shape index (κ2) is 9.57. The van der Waals surface area contributed by atoms with E-state index in [2.05, 4.69) is 17.6 Å². The molecule has 2 N–H and O–H groups in total. The fraction of sp³-hybridized carbons (Fsp3) is 0.286. The van der Waals surface area contributed by atoms with Gasteiger partial charge in [-0.3, -0.25) is 14.9 Å². The molecule has 0 spiro atoms. The number of hydrogen-bond donors (Lipinski definition) is 2. The number of amides is 2. The summed E-state index contributed by atoms with van der Waals surface area (Å²) in [6.07, 6.45) is 2.04. The van der Waals surface area contributed by atoms with Crippen LogP contribution in [0.4, 0.5) is 5.69 Å². The highest BCUT2D eigenvalue weighted by atomic mass is 35.5. The van der Waals surface area contributed by atoms with E-state index in [0.717, 1.165) is 25.9 Å². The lowest BCUT2D eigenvalue weighted by atomic mass is 9.98. The zero-order valence-electron chi connectivity index (χ0n) is 15.9. The van der Waals surface area contributed by atoms with Gasteiger partial charge in [0.25, 0.3) is 11.8 Å². The van der Waals surface area contributed by atoms with Crippen LogP contribution in [0, 0.1) is 5.92 Å². The summed E-state index contributed by atoms with van der Waals surface area (Å²) in [4.78, 5) is 27.0. The first-order valence-corrected chi connectivity index (χ1v) is 10.5. The molecule has 0 aromatic heterocycles. The number of anilines is 1. The van der Waals surface area contributed by atoms with Crippen molar-refractivity contribution in [1.29, 1.82) is 0 Å². The van der Waals surface area contributed by atoms with Crippen LogP contribution < -0.4 is 10.6 Å². The Labute approximate surface area is 185 Å². The van der Waals surface area contributed by atoms with Gasteiger partial charge in [0.1, 0.15) is 0 Å². The number of piperidine rings is 1. The van der Waals surface area contributed by atoms with Crippen LogP contribution in [0.3, 0.4) is 0 Å². The van der Waals surface area contributed by atoms with Crippen molar-refractivity contribution >= 4 is 58.0 Å². The maximum Gasteiger partial charge on any atom is 0.258 e. The predicted octanol–water partition coefficient (Wildman–Crippen LogP) is 4.99. The lowest BCUT2D eigenvalue weighted by Crippen LogP contribution is -2.38. The van der Waals surface area contributed by atoms with Crippen LogP contribution in [0.2, 0.25) is 10.0 Å². The molecular formula is C21H21Cl2N3O2S. The van der Waals surface area contributed by atoms with Crippen LogP contribution in [0.5, 0.6) is 0 Å². The number of halogens is 2. The van der Waals surface area contributed by atoms with Crippen molar-refractivity contribution in [2.24, 2.45) is 5.92 Å². The van der Waals surface area contributed by atoms with Crippen LogP contribution in [0.1, 0.15) is 40.5 Å². The summed E-state index contributed by atoms with van der Waals surface area (Å²) < 4.78 is 0. The molecule has 2 amide bonds. The van der Waals surface area contributed by atoms with E-state index in [4.69, 9.17) is 35.4 Å². The summed E-state index contributed by atoms with van der Waals surface area (Å²) in [6.45, 7) is 3.75. The van der Waals surface area contributed by atoms with Gasteiger partial charge < -0.3 is 10.2 Å². The molecule has 29 heavy (non-hydrogen) atoms. The van der Waals surface area contributed by atoms with Gasteiger partial charge in [-0.15, -0.1) is 0 Å². The van der Waals surface area contributed by atoms with Crippen molar-refractivity contribution in [1.82, 2.24) is 10.2 Å². The van der Waals surface area contributed by atoms with Crippen molar-refractivity contribution in [3.63, 3.8) is 0 Å². The Balaban J connectivity index is 1.63. The maximum absolute atomic E-state index is 12.7. The summed E-state index contributed by atoms with van der Waals surface area (Å²) in [5, 5.41) is 6.31. The molecule has 0 radical (unpaired) electrons. The minimum absolute atomic E-state index is 0.00319. The Bertz CT molecular complexity index is 943. The fourth-order valence-corrected chi connectivity index (χ4v) is 3.84. The Morgan fingerprint density at radius 1 is 1.10 bits per heavy atom. The van der Waals surface area contributed by atoms with Crippen LogP contribution in [0.15, 0.2) is 42.5 Å². The van der Waals surface area contributed by atoms with Gasteiger partial charge in [0.05, 0.1) is 10.6 Å². The minimum atomic E-state index is -0.446. The second-order valence-corrected chi connectivity index (χ2v) is 8.34. The number of carbonyl (C=O) groups excluding carboxylic acids is 2. The van der Waals surface area contributed by atoms with Crippen molar-refractivity contribution < 1.29 is 9.59 Å². The third-order valence-electron chi connectivity index (χ3n) is 4.84. The zero-order chi connectivity index (χ0) is 21.0. The van der Waals surface area contributed by atoms with Crippen LogP contribution in [-0.2, 0) is 0 Å². The van der Waals surface area contributed by atoms with E-state index in [1.54, 1.807) is 30.3 Å². The van der Waals surface area contributed by atoms with Crippen molar-refractivity contribution in [2.45, 2.75) is 19.8 Å². The Morgan fingerprint density at radius 3 is 2.52 bits per heavy atom. The first-order chi connectivity index (χ1) is 13.8. The first-order valence-electron chi connectivity index (χ1n) is 9.30. The summed E-state index contributed by atoms with van der Waals surface area (Å²) in [6, 6.07) is 11.7. The van der Waals surface area contributed by atoms with Crippen molar-refractivity contribution in [2.75, 3.05) is 18.4 Å². The van der Waals surface area contributed by atoms with Crippen LogP contribution >= 0.6 is 35.4 Å². The van der Waals surface area contributed by atoms with Gasteiger partial charge in [0, 0.05) is 29.4 Å².